The average molecular weight is 298 g/mol. The first-order valence-corrected chi connectivity index (χ1v) is 7.74. The predicted molar refractivity (Wildman–Crippen MR) is 90.6 cm³/mol. The Morgan fingerprint density at radius 2 is 1.95 bits per heavy atom. The van der Waals surface area contributed by atoms with Crippen molar-refractivity contribution in [3.63, 3.8) is 0 Å². The summed E-state index contributed by atoms with van der Waals surface area (Å²) in [4.78, 5) is 11.6. The first kappa shape index (κ1) is 14.0. The molecule has 3 rings (SSSR count). The van der Waals surface area contributed by atoms with Crippen LogP contribution in [0.25, 0.3) is 10.8 Å². The predicted octanol–water partition coefficient (Wildman–Crippen LogP) is 3.55. The molecule has 0 saturated heterocycles. The molecule has 1 amide bonds. The van der Waals surface area contributed by atoms with Gasteiger partial charge in [-0.15, -0.1) is 0 Å². The Morgan fingerprint density at radius 3 is 2.71 bits per heavy atom. The van der Waals surface area contributed by atoms with Crippen molar-refractivity contribution >= 4 is 39.7 Å². The van der Waals surface area contributed by atoms with E-state index in [0.717, 1.165) is 24.9 Å². The molecule has 4 heteroatoms. The smallest absolute Gasteiger partial charge is 0.226 e. The lowest BCUT2D eigenvalue weighted by atomic mass is 10.0. The van der Waals surface area contributed by atoms with Crippen LogP contribution < -0.4 is 10.6 Å². The summed E-state index contributed by atoms with van der Waals surface area (Å²) in [6.07, 6.45) is 3.52. The van der Waals surface area contributed by atoms with Gasteiger partial charge in [-0.05, 0) is 54.1 Å². The Balaban J connectivity index is 1.85. The van der Waals surface area contributed by atoms with Gasteiger partial charge >= 0.3 is 0 Å². The van der Waals surface area contributed by atoms with Crippen molar-refractivity contribution in [1.29, 1.82) is 0 Å². The zero-order valence-corrected chi connectivity index (χ0v) is 12.8. The summed E-state index contributed by atoms with van der Waals surface area (Å²) in [7, 11) is 0. The molecule has 0 bridgehead atoms. The largest absolute Gasteiger partial charge is 0.332 e. The zero-order valence-electron chi connectivity index (χ0n) is 12.0. The number of aryl methyl sites for hydroxylation is 2. The second kappa shape index (κ2) is 5.82. The van der Waals surface area contributed by atoms with E-state index in [-0.39, 0.29) is 5.91 Å². The lowest BCUT2D eigenvalue weighted by Crippen LogP contribution is -2.33. The monoisotopic (exact) mass is 298 g/mol. The van der Waals surface area contributed by atoms with Crippen molar-refractivity contribution in [1.82, 2.24) is 5.32 Å². The summed E-state index contributed by atoms with van der Waals surface area (Å²) in [6, 6.07) is 10.6. The first-order chi connectivity index (χ1) is 10.2. The number of anilines is 1. The molecule has 1 aliphatic carbocycles. The number of amides is 1. The topological polar surface area (TPSA) is 41.1 Å². The van der Waals surface area contributed by atoms with Gasteiger partial charge < -0.3 is 10.6 Å². The minimum atomic E-state index is -0.0408. The van der Waals surface area contributed by atoms with Crippen molar-refractivity contribution in [2.45, 2.75) is 32.6 Å². The Hall–Kier alpha value is -1.94. The Morgan fingerprint density at radius 1 is 1.19 bits per heavy atom. The third-order valence-electron chi connectivity index (χ3n) is 3.86. The van der Waals surface area contributed by atoms with Crippen LogP contribution in [0.4, 0.5) is 5.69 Å². The SMILES string of the molecule is CCCC(=O)NC(=S)Nc1ccc2c3c(cccc13)CC2. The Kier molecular flexibility index (Phi) is 3.88. The average Bonchev–Trinajstić information content (AvgIpc) is 2.87. The van der Waals surface area contributed by atoms with Gasteiger partial charge in [0.25, 0.3) is 0 Å². The van der Waals surface area contributed by atoms with Gasteiger partial charge in [0, 0.05) is 17.5 Å². The molecule has 0 spiro atoms. The molecule has 0 aromatic heterocycles. The van der Waals surface area contributed by atoms with Gasteiger partial charge in [-0.3, -0.25) is 4.79 Å². The number of hydrogen-bond acceptors (Lipinski definition) is 2. The van der Waals surface area contributed by atoms with E-state index in [1.165, 1.54) is 21.9 Å². The highest BCUT2D eigenvalue weighted by Gasteiger charge is 2.16. The van der Waals surface area contributed by atoms with Crippen LogP contribution in [0.3, 0.4) is 0 Å². The summed E-state index contributed by atoms with van der Waals surface area (Å²) >= 11 is 5.23. The lowest BCUT2D eigenvalue weighted by molar-refractivity contribution is -0.119. The van der Waals surface area contributed by atoms with Crippen LogP contribution in [0.1, 0.15) is 30.9 Å². The van der Waals surface area contributed by atoms with Crippen molar-refractivity contribution in [3.8, 4) is 0 Å². The third kappa shape index (κ3) is 2.76. The number of rotatable bonds is 3. The van der Waals surface area contributed by atoms with Crippen molar-refractivity contribution < 1.29 is 4.79 Å². The number of thiocarbonyl (C=S) groups is 1. The van der Waals surface area contributed by atoms with Crippen LogP contribution in [0.15, 0.2) is 30.3 Å². The summed E-state index contributed by atoms with van der Waals surface area (Å²) in [5.74, 6) is -0.0408. The molecule has 108 valence electrons. The molecule has 2 aromatic rings. The first-order valence-electron chi connectivity index (χ1n) is 7.33. The highest BCUT2D eigenvalue weighted by atomic mass is 32.1. The zero-order chi connectivity index (χ0) is 14.8. The normalized spacial score (nSPS) is 12.4. The quantitative estimate of drug-likeness (QED) is 0.851. The lowest BCUT2D eigenvalue weighted by Gasteiger charge is -2.13. The van der Waals surface area contributed by atoms with Crippen LogP contribution in [-0.2, 0) is 17.6 Å². The highest BCUT2D eigenvalue weighted by molar-refractivity contribution is 7.80. The van der Waals surface area contributed by atoms with Gasteiger partial charge in [-0.2, -0.15) is 0 Å². The van der Waals surface area contributed by atoms with E-state index in [0.29, 0.717) is 11.5 Å². The number of carbonyl (C=O) groups excluding carboxylic acids is 1. The van der Waals surface area contributed by atoms with E-state index in [2.05, 4.69) is 34.9 Å². The summed E-state index contributed by atoms with van der Waals surface area (Å²) in [5, 5.41) is 8.76. The van der Waals surface area contributed by atoms with Crippen LogP contribution in [0, 0.1) is 0 Å². The number of hydrogen-bond donors (Lipinski definition) is 2. The van der Waals surface area contributed by atoms with Crippen LogP contribution in [0.5, 0.6) is 0 Å². The number of carbonyl (C=O) groups is 1. The van der Waals surface area contributed by atoms with Gasteiger partial charge in [-0.1, -0.05) is 31.2 Å². The Labute approximate surface area is 129 Å². The van der Waals surface area contributed by atoms with Gasteiger partial charge in [0.2, 0.25) is 5.91 Å². The van der Waals surface area contributed by atoms with E-state index in [4.69, 9.17) is 12.2 Å². The van der Waals surface area contributed by atoms with Crippen LogP contribution in [-0.4, -0.2) is 11.0 Å². The molecule has 1 aliphatic rings. The molecular weight excluding hydrogens is 280 g/mol. The van der Waals surface area contributed by atoms with Gasteiger partial charge in [-0.25, -0.2) is 0 Å². The molecule has 0 radical (unpaired) electrons. The van der Waals surface area contributed by atoms with Crippen LogP contribution in [0.2, 0.25) is 0 Å². The number of benzene rings is 2. The second-order valence-electron chi connectivity index (χ2n) is 5.36. The Bertz CT molecular complexity index is 714. The minimum Gasteiger partial charge on any atom is -0.332 e. The minimum absolute atomic E-state index is 0.0408. The highest BCUT2D eigenvalue weighted by Crippen LogP contribution is 2.34. The fourth-order valence-corrected chi connectivity index (χ4v) is 3.15. The molecular formula is C17H18N2OS. The van der Waals surface area contributed by atoms with Crippen LogP contribution >= 0.6 is 12.2 Å². The molecule has 0 saturated carbocycles. The van der Waals surface area contributed by atoms with Gasteiger partial charge in [0.1, 0.15) is 0 Å². The molecule has 0 fully saturated rings. The molecule has 21 heavy (non-hydrogen) atoms. The molecule has 2 aromatic carbocycles. The summed E-state index contributed by atoms with van der Waals surface area (Å²) in [6.45, 7) is 1.97. The third-order valence-corrected chi connectivity index (χ3v) is 4.06. The second-order valence-corrected chi connectivity index (χ2v) is 5.77. The van der Waals surface area contributed by atoms with Gasteiger partial charge in [0.05, 0.1) is 0 Å². The van der Waals surface area contributed by atoms with E-state index in [1.54, 1.807) is 0 Å². The fourth-order valence-electron chi connectivity index (χ4n) is 2.93. The fraction of sp³-hybridized carbons (Fsp3) is 0.294. The van der Waals surface area contributed by atoms with E-state index in [9.17, 15) is 4.79 Å². The molecule has 0 aliphatic heterocycles. The summed E-state index contributed by atoms with van der Waals surface area (Å²) in [5.41, 5.74) is 3.75. The maximum absolute atomic E-state index is 11.6. The maximum atomic E-state index is 11.6. The molecule has 0 unspecified atom stereocenters. The number of nitrogens with one attached hydrogen (secondary N) is 2. The van der Waals surface area contributed by atoms with Crippen molar-refractivity contribution in [2.24, 2.45) is 0 Å². The maximum Gasteiger partial charge on any atom is 0.226 e. The molecule has 2 N–H and O–H groups in total. The van der Waals surface area contributed by atoms with Crippen molar-refractivity contribution in [2.75, 3.05) is 5.32 Å². The standard InChI is InChI=1S/C17H18N2OS/c1-2-4-15(20)19-17(21)18-14-10-9-12-8-7-11-5-3-6-13(14)16(11)12/h3,5-6,9-10H,2,4,7-8H2,1H3,(H2,18,19,20,21). The molecule has 0 atom stereocenters. The summed E-state index contributed by atoms with van der Waals surface area (Å²) < 4.78 is 0. The van der Waals surface area contributed by atoms with E-state index >= 15 is 0 Å². The molecule has 3 nitrogen and oxygen atoms in total. The van der Waals surface area contributed by atoms with Gasteiger partial charge in [0.15, 0.2) is 5.11 Å². The van der Waals surface area contributed by atoms with E-state index < -0.39 is 0 Å². The van der Waals surface area contributed by atoms with Crippen molar-refractivity contribution in [3.05, 3.63) is 41.5 Å². The molecule has 0 heterocycles. The van der Waals surface area contributed by atoms with E-state index in [1.807, 2.05) is 13.0 Å².